The Labute approximate surface area is 160 Å². The Kier molecular flexibility index (Phi) is 4.79. The van der Waals surface area contributed by atoms with Crippen LogP contribution < -0.4 is 10.2 Å². The Morgan fingerprint density at radius 3 is 2.42 bits per heavy atom. The lowest BCUT2D eigenvalue weighted by molar-refractivity contribution is -0.0498. The van der Waals surface area contributed by atoms with Gasteiger partial charge < -0.3 is 10.2 Å². The molecule has 2 saturated carbocycles. The van der Waals surface area contributed by atoms with E-state index >= 15 is 0 Å². The van der Waals surface area contributed by atoms with Gasteiger partial charge in [0.2, 0.25) is 0 Å². The van der Waals surface area contributed by atoms with Crippen LogP contribution in [0.1, 0.15) is 71.3 Å². The van der Waals surface area contributed by atoms with Crippen LogP contribution >= 0.6 is 0 Å². The van der Waals surface area contributed by atoms with Gasteiger partial charge in [-0.05, 0) is 78.4 Å². The van der Waals surface area contributed by atoms with Crippen LogP contribution in [0.4, 0.5) is 5.82 Å². The summed E-state index contributed by atoms with van der Waals surface area (Å²) in [4.78, 5) is 7.13. The Bertz CT molecular complexity index is 630. The van der Waals surface area contributed by atoms with Gasteiger partial charge in [0.15, 0.2) is 0 Å². The zero-order valence-corrected chi connectivity index (χ0v) is 17.2. The normalized spacial score (nSPS) is 33.5. The van der Waals surface area contributed by atoms with E-state index in [-0.39, 0.29) is 0 Å². The van der Waals surface area contributed by atoms with Crippen molar-refractivity contribution < 1.29 is 0 Å². The van der Waals surface area contributed by atoms with E-state index in [4.69, 9.17) is 0 Å². The molecule has 1 N–H and O–H groups in total. The number of piperazine rings is 1. The third-order valence-electron chi connectivity index (χ3n) is 7.95. The Balaban J connectivity index is 1.54. The maximum absolute atomic E-state index is 4.69. The molecule has 3 atom stereocenters. The summed E-state index contributed by atoms with van der Waals surface area (Å²) in [5.41, 5.74) is 2.55. The molecule has 1 aromatic heterocycles. The van der Waals surface area contributed by atoms with E-state index < -0.39 is 0 Å². The molecule has 0 radical (unpaired) electrons. The SMILES string of the molecule is CC1(C)CCC(C)(C)C2CC(c3ccnc(N4CCNCC4)c3)CCC21. The van der Waals surface area contributed by atoms with Gasteiger partial charge in [-0.2, -0.15) is 0 Å². The fraction of sp³-hybridized carbons (Fsp3) is 0.783. The summed E-state index contributed by atoms with van der Waals surface area (Å²) in [5.74, 6) is 3.67. The summed E-state index contributed by atoms with van der Waals surface area (Å²) < 4.78 is 0. The van der Waals surface area contributed by atoms with Crippen molar-refractivity contribution in [2.24, 2.45) is 22.7 Å². The minimum Gasteiger partial charge on any atom is -0.354 e. The fourth-order valence-corrected chi connectivity index (χ4v) is 6.04. The Morgan fingerprint density at radius 1 is 1.00 bits per heavy atom. The number of rotatable bonds is 2. The monoisotopic (exact) mass is 355 g/mol. The van der Waals surface area contributed by atoms with Crippen LogP contribution in [0.2, 0.25) is 0 Å². The molecule has 26 heavy (non-hydrogen) atoms. The average molecular weight is 356 g/mol. The van der Waals surface area contributed by atoms with Gasteiger partial charge in [-0.1, -0.05) is 27.7 Å². The Morgan fingerprint density at radius 2 is 1.69 bits per heavy atom. The molecule has 1 aromatic rings. The standard InChI is InChI=1S/C23H37N3/c1-22(2)8-9-23(3,4)20-15-17(5-6-19(20)22)18-7-10-25-21(16-18)26-13-11-24-12-14-26/h7,10,16-17,19-20,24H,5-6,8-9,11-15H2,1-4H3. The molecule has 0 bridgehead atoms. The largest absolute Gasteiger partial charge is 0.354 e. The van der Waals surface area contributed by atoms with Crippen molar-refractivity contribution in [3.63, 3.8) is 0 Å². The highest BCUT2D eigenvalue weighted by atomic mass is 15.2. The van der Waals surface area contributed by atoms with Crippen molar-refractivity contribution in [2.75, 3.05) is 31.1 Å². The molecule has 0 amide bonds. The van der Waals surface area contributed by atoms with Gasteiger partial charge in [-0.25, -0.2) is 4.98 Å². The molecule has 2 heterocycles. The number of fused-ring (bicyclic) bond motifs is 1. The lowest BCUT2D eigenvalue weighted by Gasteiger charge is -2.56. The second-order valence-corrected chi connectivity index (χ2v) is 10.4. The molecular weight excluding hydrogens is 318 g/mol. The molecule has 144 valence electrons. The van der Waals surface area contributed by atoms with Crippen molar-refractivity contribution in [1.29, 1.82) is 0 Å². The van der Waals surface area contributed by atoms with Crippen molar-refractivity contribution >= 4 is 5.82 Å². The van der Waals surface area contributed by atoms with Crippen molar-refractivity contribution in [3.05, 3.63) is 23.9 Å². The van der Waals surface area contributed by atoms with E-state index in [1.807, 2.05) is 0 Å². The summed E-state index contributed by atoms with van der Waals surface area (Å²) in [7, 11) is 0. The third kappa shape index (κ3) is 3.40. The molecule has 1 aliphatic heterocycles. The summed E-state index contributed by atoms with van der Waals surface area (Å²) in [6.45, 7) is 14.4. The Hall–Kier alpha value is -1.09. The first-order valence-corrected chi connectivity index (χ1v) is 10.8. The number of hydrogen-bond acceptors (Lipinski definition) is 3. The smallest absolute Gasteiger partial charge is 0.128 e. The molecule has 3 unspecified atom stereocenters. The van der Waals surface area contributed by atoms with Gasteiger partial charge in [-0.3, -0.25) is 0 Å². The topological polar surface area (TPSA) is 28.2 Å². The maximum atomic E-state index is 4.69. The van der Waals surface area contributed by atoms with Crippen LogP contribution in [0.3, 0.4) is 0 Å². The number of nitrogens with zero attached hydrogens (tertiary/aromatic N) is 2. The van der Waals surface area contributed by atoms with E-state index in [0.29, 0.717) is 16.7 Å². The van der Waals surface area contributed by atoms with E-state index in [2.05, 4.69) is 61.2 Å². The second kappa shape index (κ2) is 6.82. The molecular formula is C23H37N3. The van der Waals surface area contributed by atoms with Gasteiger partial charge in [0.25, 0.3) is 0 Å². The first-order chi connectivity index (χ1) is 12.4. The predicted molar refractivity (Wildman–Crippen MR) is 110 cm³/mol. The molecule has 3 aliphatic rings. The molecule has 3 fully saturated rings. The number of anilines is 1. The highest BCUT2D eigenvalue weighted by molar-refractivity contribution is 5.42. The molecule has 0 spiro atoms. The van der Waals surface area contributed by atoms with E-state index in [9.17, 15) is 0 Å². The zero-order chi connectivity index (χ0) is 18.4. The number of aromatic nitrogens is 1. The predicted octanol–water partition coefficient (Wildman–Crippen LogP) is 4.84. The first kappa shape index (κ1) is 18.3. The number of pyridine rings is 1. The summed E-state index contributed by atoms with van der Waals surface area (Å²) in [5, 5.41) is 3.44. The maximum Gasteiger partial charge on any atom is 0.128 e. The van der Waals surface area contributed by atoms with Crippen LogP contribution in [-0.2, 0) is 0 Å². The fourth-order valence-electron chi connectivity index (χ4n) is 6.04. The summed E-state index contributed by atoms with van der Waals surface area (Å²) in [6, 6.07) is 4.69. The van der Waals surface area contributed by atoms with Crippen LogP contribution in [0.25, 0.3) is 0 Å². The second-order valence-electron chi connectivity index (χ2n) is 10.4. The van der Waals surface area contributed by atoms with Crippen LogP contribution in [0.5, 0.6) is 0 Å². The number of nitrogens with one attached hydrogen (secondary N) is 1. The van der Waals surface area contributed by atoms with Crippen LogP contribution in [0.15, 0.2) is 18.3 Å². The summed E-state index contributed by atoms with van der Waals surface area (Å²) >= 11 is 0. The molecule has 2 aliphatic carbocycles. The average Bonchev–Trinajstić information content (AvgIpc) is 2.66. The highest BCUT2D eigenvalue weighted by Crippen LogP contribution is 2.59. The van der Waals surface area contributed by atoms with Gasteiger partial charge in [0.1, 0.15) is 5.82 Å². The quantitative estimate of drug-likeness (QED) is 0.823. The van der Waals surface area contributed by atoms with Gasteiger partial charge >= 0.3 is 0 Å². The lowest BCUT2D eigenvalue weighted by atomic mass is 9.49. The van der Waals surface area contributed by atoms with Gasteiger partial charge in [0, 0.05) is 32.4 Å². The number of hydrogen-bond donors (Lipinski definition) is 1. The molecule has 1 saturated heterocycles. The zero-order valence-electron chi connectivity index (χ0n) is 17.2. The van der Waals surface area contributed by atoms with Crippen molar-refractivity contribution in [2.45, 2.75) is 65.7 Å². The van der Waals surface area contributed by atoms with Crippen LogP contribution in [0, 0.1) is 22.7 Å². The summed E-state index contributed by atoms with van der Waals surface area (Å²) in [6.07, 6.45) is 8.95. The van der Waals surface area contributed by atoms with Crippen molar-refractivity contribution in [1.82, 2.24) is 10.3 Å². The van der Waals surface area contributed by atoms with Gasteiger partial charge in [0.05, 0.1) is 0 Å². The molecule has 4 rings (SSSR count). The van der Waals surface area contributed by atoms with E-state index in [1.54, 1.807) is 0 Å². The van der Waals surface area contributed by atoms with Gasteiger partial charge in [-0.15, -0.1) is 0 Å². The minimum absolute atomic E-state index is 0.493. The van der Waals surface area contributed by atoms with E-state index in [1.165, 1.54) is 43.5 Å². The third-order valence-corrected chi connectivity index (χ3v) is 7.95. The lowest BCUT2D eigenvalue weighted by Crippen LogP contribution is -2.47. The molecule has 3 nitrogen and oxygen atoms in total. The van der Waals surface area contributed by atoms with Crippen LogP contribution in [-0.4, -0.2) is 31.2 Å². The van der Waals surface area contributed by atoms with Crippen molar-refractivity contribution in [3.8, 4) is 0 Å². The molecule has 0 aromatic carbocycles. The minimum atomic E-state index is 0.493. The molecule has 3 heteroatoms. The highest BCUT2D eigenvalue weighted by Gasteiger charge is 2.49. The van der Waals surface area contributed by atoms with E-state index in [0.717, 1.165) is 38.0 Å². The first-order valence-electron chi connectivity index (χ1n) is 10.8.